The first kappa shape index (κ1) is 24.9. The minimum Gasteiger partial charge on any atom is -0.325 e. The van der Waals surface area contributed by atoms with Crippen molar-refractivity contribution in [1.82, 2.24) is 14.8 Å². The molecule has 13 heteroatoms. The predicted octanol–water partition coefficient (Wildman–Crippen LogP) is 5.73. The highest BCUT2D eigenvalue weighted by Gasteiger charge is 2.35. The number of non-ortho nitro benzene ring substituents is 1. The maximum atomic E-state index is 13.5. The van der Waals surface area contributed by atoms with Crippen LogP contribution in [0.25, 0.3) is 17.1 Å². The van der Waals surface area contributed by atoms with Crippen molar-refractivity contribution in [2.45, 2.75) is 11.3 Å². The molecule has 0 fully saturated rings. The number of nitrogens with one attached hydrogen (secondary N) is 1. The van der Waals surface area contributed by atoms with Crippen LogP contribution in [0.4, 0.5) is 28.9 Å². The second-order valence-corrected chi connectivity index (χ2v) is 8.25. The zero-order chi connectivity index (χ0) is 25.9. The molecule has 1 heterocycles. The molecular weight excluding hydrogens is 502 g/mol. The average Bonchev–Trinajstić information content (AvgIpc) is 3.27. The number of carbonyl (C=O) groups excluding carboxylic acids is 1. The molecule has 8 nitrogen and oxygen atoms in total. The van der Waals surface area contributed by atoms with Crippen LogP contribution in [0.1, 0.15) is 5.56 Å². The second-order valence-electron chi connectivity index (χ2n) is 7.31. The third-order valence-corrected chi connectivity index (χ3v) is 5.80. The summed E-state index contributed by atoms with van der Waals surface area (Å²) in [6, 6.07) is 16.5. The second kappa shape index (κ2) is 10.2. The molecule has 1 amide bonds. The molecule has 0 aliphatic rings. The van der Waals surface area contributed by atoms with Crippen molar-refractivity contribution in [2.75, 3.05) is 11.1 Å². The lowest BCUT2D eigenvalue weighted by molar-refractivity contribution is -0.385. The number of hydrogen-bond donors (Lipinski definition) is 1. The van der Waals surface area contributed by atoms with Gasteiger partial charge in [0.2, 0.25) is 5.91 Å². The highest BCUT2D eigenvalue weighted by molar-refractivity contribution is 7.99. The summed E-state index contributed by atoms with van der Waals surface area (Å²) in [6.45, 7) is 0. The van der Waals surface area contributed by atoms with E-state index in [9.17, 15) is 32.5 Å². The Kier molecular flexibility index (Phi) is 7.01. The Labute approximate surface area is 205 Å². The number of nitro benzene ring substituents is 1. The smallest absolute Gasteiger partial charge is 0.325 e. The summed E-state index contributed by atoms with van der Waals surface area (Å²) in [5, 5.41) is 21.5. The van der Waals surface area contributed by atoms with E-state index in [1.165, 1.54) is 24.3 Å². The number of amides is 1. The summed E-state index contributed by atoms with van der Waals surface area (Å²) in [7, 11) is 0. The monoisotopic (exact) mass is 517 g/mol. The van der Waals surface area contributed by atoms with Crippen LogP contribution in [0.3, 0.4) is 0 Å². The van der Waals surface area contributed by atoms with Crippen molar-refractivity contribution in [3.8, 4) is 17.1 Å². The quantitative estimate of drug-likeness (QED) is 0.145. The first-order valence-corrected chi connectivity index (χ1v) is 11.2. The van der Waals surface area contributed by atoms with E-state index in [2.05, 4.69) is 15.5 Å². The Morgan fingerprint density at radius 1 is 1.03 bits per heavy atom. The van der Waals surface area contributed by atoms with Crippen LogP contribution in [0.15, 0.2) is 78.0 Å². The summed E-state index contributed by atoms with van der Waals surface area (Å²) in [6.07, 6.45) is -4.92. The van der Waals surface area contributed by atoms with Gasteiger partial charge in [-0.15, -0.1) is 10.2 Å². The van der Waals surface area contributed by atoms with Gasteiger partial charge in [0.25, 0.3) is 5.69 Å². The standard InChI is InChI=1S/C23H15F4N5O3S/c24-15-6-8-16(9-7-15)31-21(14-4-2-1-3-5-14)29-30-22(31)36-13-20(33)28-19-11-10-17(32(34)35)12-18(19)23(25,26)27/h1-12H,13H2,(H,28,33). The highest BCUT2D eigenvalue weighted by Crippen LogP contribution is 2.37. The summed E-state index contributed by atoms with van der Waals surface area (Å²) < 4.78 is 55.3. The number of thioether (sulfide) groups is 1. The zero-order valence-electron chi connectivity index (χ0n) is 18.1. The SMILES string of the molecule is O=C(CSc1nnc(-c2ccccc2)n1-c1ccc(F)cc1)Nc1ccc([N+](=O)[O-])cc1C(F)(F)F. The lowest BCUT2D eigenvalue weighted by Crippen LogP contribution is -2.18. The number of anilines is 1. The van der Waals surface area contributed by atoms with Crippen molar-refractivity contribution >= 4 is 29.0 Å². The molecule has 1 N–H and O–H groups in total. The first-order chi connectivity index (χ1) is 17.1. The summed E-state index contributed by atoms with van der Waals surface area (Å²) >= 11 is 0.904. The van der Waals surface area contributed by atoms with Crippen molar-refractivity contribution in [2.24, 2.45) is 0 Å². The molecule has 0 unspecified atom stereocenters. The molecule has 4 aromatic rings. The Morgan fingerprint density at radius 2 is 1.72 bits per heavy atom. The van der Waals surface area contributed by atoms with Gasteiger partial charge in [-0.3, -0.25) is 19.5 Å². The van der Waals surface area contributed by atoms with Gasteiger partial charge in [0.15, 0.2) is 11.0 Å². The number of rotatable bonds is 7. The fourth-order valence-corrected chi connectivity index (χ4v) is 4.02. The Hall–Kier alpha value is -4.26. The molecule has 0 bridgehead atoms. The number of halogens is 4. The largest absolute Gasteiger partial charge is 0.418 e. The molecule has 0 spiro atoms. The molecule has 184 valence electrons. The molecule has 0 saturated heterocycles. The van der Waals surface area contributed by atoms with Gasteiger partial charge in [-0.05, 0) is 30.3 Å². The minimum atomic E-state index is -4.92. The molecule has 4 rings (SSSR count). The minimum absolute atomic E-state index is 0.246. The van der Waals surface area contributed by atoms with Crippen LogP contribution in [-0.2, 0) is 11.0 Å². The van der Waals surface area contributed by atoms with E-state index in [4.69, 9.17) is 0 Å². The number of alkyl halides is 3. The van der Waals surface area contributed by atoms with Gasteiger partial charge in [0.05, 0.1) is 21.9 Å². The van der Waals surface area contributed by atoms with E-state index < -0.39 is 39.8 Å². The van der Waals surface area contributed by atoms with Crippen LogP contribution in [0, 0.1) is 15.9 Å². The third kappa shape index (κ3) is 5.51. The third-order valence-electron chi connectivity index (χ3n) is 4.88. The van der Waals surface area contributed by atoms with Crippen molar-refractivity contribution < 1.29 is 27.3 Å². The summed E-state index contributed by atoms with van der Waals surface area (Å²) in [5.41, 5.74) is -1.49. The van der Waals surface area contributed by atoms with E-state index in [1.54, 1.807) is 28.8 Å². The van der Waals surface area contributed by atoms with E-state index in [-0.39, 0.29) is 10.9 Å². The van der Waals surface area contributed by atoms with Crippen molar-refractivity contribution in [3.05, 3.63) is 94.3 Å². The summed E-state index contributed by atoms with van der Waals surface area (Å²) in [5.74, 6) is -1.18. The van der Waals surface area contributed by atoms with Gasteiger partial charge >= 0.3 is 6.18 Å². The zero-order valence-corrected chi connectivity index (χ0v) is 18.9. The number of aromatic nitrogens is 3. The molecule has 36 heavy (non-hydrogen) atoms. The van der Waals surface area contributed by atoms with E-state index in [1.807, 2.05) is 6.07 Å². The average molecular weight is 517 g/mol. The highest BCUT2D eigenvalue weighted by atomic mass is 32.2. The molecule has 3 aromatic carbocycles. The molecule has 0 saturated carbocycles. The van der Waals surface area contributed by atoms with Crippen LogP contribution < -0.4 is 5.32 Å². The molecule has 0 radical (unpaired) electrons. The topological polar surface area (TPSA) is 103 Å². The Balaban J connectivity index is 1.59. The van der Waals surface area contributed by atoms with Crippen LogP contribution in [-0.4, -0.2) is 31.3 Å². The normalized spacial score (nSPS) is 11.3. The van der Waals surface area contributed by atoms with E-state index in [0.29, 0.717) is 23.1 Å². The number of hydrogen-bond acceptors (Lipinski definition) is 6. The number of nitrogens with zero attached hydrogens (tertiary/aromatic N) is 4. The number of benzene rings is 3. The molecule has 1 aromatic heterocycles. The maximum absolute atomic E-state index is 13.5. The van der Waals surface area contributed by atoms with Gasteiger partial charge in [-0.1, -0.05) is 42.1 Å². The lowest BCUT2D eigenvalue weighted by Gasteiger charge is -2.14. The Morgan fingerprint density at radius 3 is 2.36 bits per heavy atom. The molecular formula is C23H15F4N5O3S. The first-order valence-electron chi connectivity index (χ1n) is 10.2. The van der Waals surface area contributed by atoms with Gasteiger partial charge in [0.1, 0.15) is 5.82 Å². The number of carbonyl (C=O) groups is 1. The van der Waals surface area contributed by atoms with Crippen LogP contribution in [0.5, 0.6) is 0 Å². The predicted molar refractivity (Wildman–Crippen MR) is 124 cm³/mol. The van der Waals surface area contributed by atoms with Crippen molar-refractivity contribution in [1.29, 1.82) is 0 Å². The number of nitro groups is 1. The summed E-state index contributed by atoms with van der Waals surface area (Å²) in [4.78, 5) is 22.4. The van der Waals surface area contributed by atoms with Gasteiger partial charge in [0, 0.05) is 23.4 Å². The van der Waals surface area contributed by atoms with Crippen LogP contribution in [0.2, 0.25) is 0 Å². The maximum Gasteiger partial charge on any atom is 0.418 e. The van der Waals surface area contributed by atoms with Gasteiger partial charge in [-0.25, -0.2) is 4.39 Å². The fraction of sp³-hybridized carbons (Fsp3) is 0.0870. The molecule has 0 aliphatic heterocycles. The van der Waals surface area contributed by atoms with Crippen molar-refractivity contribution in [3.63, 3.8) is 0 Å². The molecule has 0 atom stereocenters. The van der Waals surface area contributed by atoms with Gasteiger partial charge in [-0.2, -0.15) is 13.2 Å². The van der Waals surface area contributed by atoms with Crippen LogP contribution >= 0.6 is 11.8 Å². The fourth-order valence-electron chi connectivity index (χ4n) is 3.27. The van der Waals surface area contributed by atoms with E-state index in [0.717, 1.165) is 23.9 Å². The van der Waals surface area contributed by atoms with Gasteiger partial charge < -0.3 is 5.32 Å². The Bertz CT molecular complexity index is 1410. The lowest BCUT2D eigenvalue weighted by atomic mass is 10.1. The van der Waals surface area contributed by atoms with E-state index >= 15 is 0 Å². The molecule has 0 aliphatic carbocycles.